The molecule has 0 aromatic carbocycles. The summed E-state index contributed by atoms with van der Waals surface area (Å²) in [6.45, 7) is 9.89. The summed E-state index contributed by atoms with van der Waals surface area (Å²) in [5.74, 6) is -0.768. The third-order valence-corrected chi connectivity index (χ3v) is 4.35. The zero-order chi connectivity index (χ0) is 25.1. The number of aliphatic hydroxyl groups excluding tert-OH is 3. The van der Waals surface area contributed by atoms with E-state index in [1.54, 1.807) is 0 Å². The van der Waals surface area contributed by atoms with Gasteiger partial charge in [-0.3, -0.25) is 14.4 Å². The van der Waals surface area contributed by atoms with Crippen LogP contribution in [0.15, 0.2) is 38.0 Å². The molecule has 0 saturated carbocycles. The van der Waals surface area contributed by atoms with E-state index in [0.29, 0.717) is 0 Å². The Morgan fingerprint density at radius 3 is 1.70 bits per heavy atom. The number of ketones is 2. The van der Waals surface area contributed by atoms with Crippen molar-refractivity contribution in [3.63, 3.8) is 0 Å². The Hall–Kier alpha value is -2.21. The van der Waals surface area contributed by atoms with Crippen molar-refractivity contribution in [3.05, 3.63) is 38.0 Å². The molecule has 4 N–H and O–H groups in total. The van der Waals surface area contributed by atoms with Crippen molar-refractivity contribution in [1.29, 1.82) is 0 Å². The Morgan fingerprint density at radius 1 is 0.727 bits per heavy atom. The van der Waals surface area contributed by atoms with Gasteiger partial charge in [-0.15, -0.1) is 0 Å². The smallest absolute Gasteiger partial charge is 0.243 e. The highest BCUT2D eigenvalue weighted by Gasteiger charge is 2.16. The summed E-state index contributed by atoms with van der Waals surface area (Å²) < 4.78 is 16.5. The molecule has 4 atom stereocenters. The van der Waals surface area contributed by atoms with Crippen LogP contribution in [-0.2, 0) is 28.6 Å². The molecule has 0 aromatic heterocycles. The Labute approximate surface area is 194 Å². The first-order valence-electron chi connectivity index (χ1n) is 10.7. The highest BCUT2D eigenvalue weighted by atomic mass is 16.6. The third kappa shape index (κ3) is 18.0. The van der Waals surface area contributed by atoms with Gasteiger partial charge in [0.15, 0.2) is 11.6 Å². The average Bonchev–Trinajstić information content (AvgIpc) is 2.81. The lowest BCUT2D eigenvalue weighted by Gasteiger charge is -2.22. The standard InChI is InChI=1S/C23H37NO9/c1-4-17(25)7-9-19(27)12-31-15-22(33-14-20(28)10-8-18(26)5-2)16-32-13-21(29)11-24-23(30)6-3/h4-6,19-22,27-29H,1-3,7-16H2,(H,24,30). The van der Waals surface area contributed by atoms with E-state index in [1.807, 2.05) is 0 Å². The van der Waals surface area contributed by atoms with E-state index in [0.717, 1.165) is 6.08 Å². The summed E-state index contributed by atoms with van der Waals surface area (Å²) in [6.07, 6.45) is 0.897. The molecule has 0 aliphatic rings. The van der Waals surface area contributed by atoms with Gasteiger partial charge in [0.1, 0.15) is 6.10 Å². The van der Waals surface area contributed by atoms with Gasteiger partial charge >= 0.3 is 0 Å². The number of ether oxygens (including phenoxy) is 3. The van der Waals surface area contributed by atoms with Crippen LogP contribution in [0.2, 0.25) is 0 Å². The van der Waals surface area contributed by atoms with Crippen molar-refractivity contribution in [1.82, 2.24) is 5.32 Å². The molecule has 0 aromatic rings. The Balaban J connectivity index is 4.49. The van der Waals surface area contributed by atoms with E-state index in [9.17, 15) is 29.7 Å². The van der Waals surface area contributed by atoms with E-state index in [-0.39, 0.29) is 76.8 Å². The minimum Gasteiger partial charge on any atom is -0.391 e. The highest BCUT2D eigenvalue weighted by Crippen LogP contribution is 2.05. The van der Waals surface area contributed by atoms with Gasteiger partial charge in [0.05, 0.1) is 51.3 Å². The largest absolute Gasteiger partial charge is 0.391 e. The van der Waals surface area contributed by atoms with Crippen molar-refractivity contribution in [2.24, 2.45) is 0 Å². The molecule has 10 heteroatoms. The van der Waals surface area contributed by atoms with Crippen LogP contribution in [0.1, 0.15) is 25.7 Å². The lowest BCUT2D eigenvalue weighted by molar-refractivity contribution is -0.118. The number of rotatable bonds is 22. The molecule has 0 aliphatic heterocycles. The molecule has 0 radical (unpaired) electrons. The molecule has 0 bridgehead atoms. The Morgan fingerprint density at radius 2 is 1.21 bits per heavy atom. The monoisotopic (exact) mass is 471 g/mol. The number of aliphatic hydroxyl groups is 3. The van der Waals surface area contributed by atoms with Gasteiger partial charge in [-0.25, -0.2) is 0 Å². The van der Waals surface area contributed by atoms with Crippen molar-refractivity contribution >= 4 is 17.5 Å². The first-order chi connectivity index (χ1) is 15.7. The fourth-order valence-corrected chi connectivity index (χ4v) is 2.40. The second-order valence-electron chi connectivity index (χ2n) is 7.36. The number of hydrogen-bond donors (Lipinski definition) is 4. The van der Waals surface area contributed by atoms with Crippen LogP contribution in [0.4, 0.5) is 0 Å². The second-order valence-corrected chi connectivity index (χ2v) is 7.36. The molecular formula is C23H37NO9. The van der Waals surface area contributed by atoms with Gasteiger partial charge in [0, 0.05) is 19.4 Å². The maximum atomic E-state index is 11.3. The zero-order valence-electron chi connectivity index (χ0n) is 19.0. The molecule has 0 fully saturated rings. The molecule has 1 amide bonds. The predicted octanol–water partition coefficient (Wildman–Crippen LogP) is -0.140. The first-order valence-corrected chi connectivity index (χ1v) is 10.7. The van der Waals surface area contributed by atoms with Crippen molar-refractivity contribution in [2.75, 3.05) is 39.6 Å². The van der Waals surface area contributed by atoms with Crippen molar-refractivity contribution < 1.29 is 43.9 Å². The third-order valence-electron chi connectivity index (χ3n) is 4.35. The number of allylic oxidation sites excluding steroid dienone is 2. The molecule has 188 valence electrons. The van der Waals surface area contributed by atoms with Crippen molar-refractivity contribution in [3.8, 4) is 0 Å². The normalized spacial score (nSPS) is 14.5. The fourth-order valence-electron chi connectivity index (χ4n) is 2.40. The molecule has 33 heavy (non-hydrogen) atoms. The summed E-state index contributed by atoms with van der Waals surface area (Å²) in [4.78, 5) is 33.6. The van der Waals surface area contributed by atoms with Gasteiger partial charge in [-0.1, -0.05) is 19.7 Å². The summed E-state index contributed by atoms with van der Waals surface area (Å²) >= 11 is 0. The van der Waals surface area contributed by atoms with Crippen LogP contribution in [0.25, 0.3) is 0 Å². The summed E-state index contributed by atoms with van der Waals surface area (Å²) in [7, 11) is 0. The van der Waals surface area contributed by atoms with Gasteiger partial charge in [-0.05, 0) is 31.1 Å². The second kappa shape index (κ2) is 19.3. The molecule has 10 nitrogen and oxygen atoms in total. The van der Waals surface area contributed by atoms with Crippen LogP contribution in [0.5, 0.6) is 0 Å². The van der Waals surface area contributed by atoms with Gasteiger partial charge in [-0.2, -0.15) is 0 Å². The van der Waals surface area contributed by atoms with Crippen LogP contribution < -0.4 is 5.32 Å². The number of carbonyl (C=O) groups excluding carboxylic acids is 3. The van der Waals surface area contributed by atoms with E-state index >= 15 is 0 Å². The number of nitrogens with one attached hydrogen (secondary N) is 1. The minimum atomic E-state index is -0.949. The molecule has 0 spiro atoms. The SMILES string of the molecule is C=CC(=O)CCC(O)COCC(COCC(O)CNC(=O)C=C)OCC(O)CCC(=O)C=C. The summed E-state index contributed by atoms with van der Waals surface area (Å²) in [5, 5.41) is 32.2. The molecular weight excluding hydrogens is 434 g/mol. The van der Waals surface area contributed by atoms with Crippen LogP contribution in [-0.4, -0.2) is 96.8 Å². The van der Waals surface area contributed by atoms with Gasteiger partial charge in [0.2, 0.25) is 5.91 Å². The van der Waals surface area contributed by atoms with Crippen LogP contribution >= 0.6 is 0 Å². The van der Waals surface area contributed by atoms with Gasteiger partial charge in [0.25, 0.3) is 0 Å². The quantitative estimate of drug-likeness (QED) is 0.158. The Bertz CT molecular complexity index is 587. The minimum absolute atomic E-state index is 0.00974. The predicted molar refractivity (Wildman–Crippen MR) is 121 cm³/mol. The number of carbonyl (C=O) groups is 3. The van der Waals surface area contributed by atoms with E-state index in [2.05, 4.69) is 25.1 Å². The summed E-state index contributed by atoms with van der Waals surface area (Å²) in [5.41, 5.74) is 0. The Kier molecular flexibility index (Phi) is 18.0. The van der Waals surface area contributed by atoms with E-state index in [1.165, 1.54) is 12.2 Å². The lowest BCUT2D eigenvalue weighted by atomic mass is 10.1. The first kappa shape index (κ1) is 30.8. The van der Waals surface area contributed by atoms with E-state index in [4.69, 9.17) is 14.2 Å². The average molecular weight is 472 g/mol. The lowest BCUT2D eigenvalue weighted by Crippen LogP contribution is -2.36. The van der Waals surface area contributed by atoms with Gasteiger partial charge < -0.3 is 34.8 Å². The fraction of sp³-hybridized carbons (Fsp3) is 0.609. The maximum Gasteiger partial charge on any atom is 0.243 e. The van der Waals surface area contributed by atoms with Crippen molar-refractivity contribution in [2.45, 2.75) is 50.1 Å². The molecule has 0 saturated heterocycles. The topological polar surface area (TPSA) is 152 Å². The zero-order valence-corrected chi connectivity index (χ0v) is 19.0. The van der Waals surface area contributed by atoms with Crippen LogP contribution in [0, 0.1) is 0 Å². The van der Waals surface area contributed by atoms with Crippen LogP contribution in [0.3, 0.4) is 0 Å². The number of amides is 1. The molecule has 0 aliphatic carbocycles. The maximum absolute atomic E-state index is 11.3. The highest BCUT2D eigenvalue weighted by molar-refractivity contribution is 5.89. The molecule has 4 unspecified atom stereocenters. The molecule has 0 heterocycles. The molecule has 0 rings (SSSR count). The summed E-state index contributed by atoms with van der Waals surface area (Å²) in [6, 6.07) is 0. The van der Waals surface area contributed by atoms with E-state index < -0.39 is 30.3 Å². The number of hydrogen-bond acceptors (Lipinski definition) is 9.